The second-order valence-corrected chi connectivity index (χ2v) is 5.57. The highest BCUT2D eigenvalue weighted by Crippen LogP contribution is 2.20. The molecule has 0 saturated carbocycles. The van der Waals surface area contributed by atoms with Crippen LogP contribution >= 0.6 is 0 Å². The molecule has 19 heavy (non-hydrogen) atoms. The largest absolute Gasteiger partial charge is 0.397 e. The van der Waals surface area contributed by atoms with Gasteiger partial charge in [-0.1, -0.05) is 6.92 Å². The lowest BCUT2D eigenvalue weighted by molar-refractivity contribution is -0.129. The maximum absolute atomic E-state index is 12.2. The number of hydrogen-bond donors (Lipinski definition) is 1. The van der Waals surface area contributed by atoms with Gasteiger partial charge in [-0.05, 0) is 32.1 Å². The Hall–Kier alpha value is -1.62. The summed E-state index contributed by atoms with van der Waals surface area (Å²) < 4.78 is 0. The summed E-state index contributed by atoms with van der Waals surface area (Å²) in [5.41, 5.74) is 6.99. The summed E-state index contributed by atoms with van der Waals surface area (Å²) in [6, 6.07) is 4.05. The maximum atomic E-state index is 12.2. The van der Waals surface area contributed by atoms with E-state index in [-0.39, 0.29) is 5.91 Å². The van der Waals surface area contributed by atoms with Crippen molar-refractivity contribution in [3.63, 3.8) is 0 Å². The van der Waals surface area contributed by atoms with E-state index in [0.717, 1.165) is 18.8 Å². The van der Waals surface area contributed by atoms with Crippen molar-refractivity contribution < 1.29 is 4.79 Å². The Bertz CT molecular complexity index is 443. The number of aromatic nitrogens is 1. The van der Waals surface area contributed by atoms with Gasteiger partial charge in [-0.15, -0.1) is 0 Å². The summed E-state index contributed by atoms with van der Waals surface area (Å²) in [7, 11) is 4.13. The third-order valence-corrected chi connectivity index (χ3v) is 3.77. The van der Waals surface area contributed by atoms with Crippen molar-refractivity contribution in [3.8, 4) is 0 Å². The molecule has 1 fully saturated rings. The summed E-state index contributed by atoms with van der Waals surface area (Å²) in [6.45, 7) is 3.83. The first-order valence-electron chi connectivity index (χ1n) is 6.62. The molecule has 2 heterocycles. The van der Waals surface area contributed by atoms with E-state index in [9.17, 15) is 4.79 Å². The Morgan fingerprint density at radius 2 is 2.21 bits per heavy atom. The number of rotatable bonds is 3. The Labute approximate surface area is 114 Å². The van der Waals surface area contributed by atoms with Crippen LogP contribution in [0.1, 0.15) is 12.6 Å². The number of nitrogens with zero attached hydrogens (tertiary/aromatic N) is 3. The van der Waals surface area contributed by atoms with E-state index >= 15 is 0 Å². The van der Waals surface area contributed by atoms with Gasteiger partial charge >= 0.3 is 0 Å². The zero-order valence-corrected chi connectivity index (χ0v) is 11.8. The zero-order chi connectivity index (χ0) is 14.0. The van der Waals surface area contributed by atoms with Crippen LogP contribution in [0.15, 0.2) is 18.3 Å². The lowest BCUT2D eigenvalue weighted by Gasteiger charge is -2.22. The SMILES string of the molecule is CC1CN(C(=O)Cc2ccc(N)cn2)CC1N(C)C. The Balaban J connectivity index is 1.96. The Kier molecular flexibility index (Phi) is 4.04. The Morgan fingerprint density at radius 1 is 1.47 bits per heavy atom. The van der Waals surface area contributed by atoms with Gasteiger partial charge in [-0.3, -0.25) is 9.78 Å². The van der Waals surface area contributed by atoms with Gasteiger partial charge in [0.1, 0.15) is 0 Å². The lowest BCUT2D eigenvalue weighted by atomic mass is 10.1. The molecule has 0 aromatic carbocycles. The monoisotopic (exact) mass is 262 g/mol. The van der Waals surface area contributed by atoms with E-state index in [2.05, 4.69) is 30.9 Å². The summed E-state index contributed by atoms with van der Waals surface area (Å²) >= 11 is 0. The summed E-state index contributed by atoms with van der Waals surface area (Å²) in [5, 5.41) is 0. The first-order chi connectivity index (χ1) is 8.97. The fourth-order valence-electron chi connectivity index (χ4n) is 2.63. The normalized spacial score (nSPS) is 23.1. The molecule has 0 radical (unpaired) electrons. The van der Waals surface area contributed by atoms with E-state index in [1.165, 1.54) is 0 Å². The van der Waals surface area contributed by atoms with Gasteiger partial charge in [0, 0.05) is 24.8 Å². The van der Waals surface area contributed by atoms with Crippen molar-refractivity contribution in [3.05, 3.63) is 24.0 Å². The van der Waals surface area contributed by atoms with E-state index in [1.54, 1.807) is 12.3 Å². The highest BCUT2D eigenvalue weighted by atomic mass is 16.2. The number of pyridine rings is 1. The number of nitrogens with two attached hydrogens (primary N) is 1. The molecule has 2 N–H and O–H groups in total. The molecule has 1 saturated heterocycles. The van der Waals surface area contributed by atoms with Crippen molar-refractivity contribution in [2.24, 2.45) is 5.92 Å². The van der Waals surface area contributed by atoms with E-state index in [0.29, 0.717) is 24.1 Å². The van der Waals surface area contributed by atoms with Gasteiger partial charge in [0.25, 0.3) is 0 Å². The molecule has 2 rings (SSSR count). The number of amides is 1. The van der Waals surface area contributed by atoms with Crippen LogP contribution in [0.3, 0.4) is 0 Å². The van der Waals surface area contributed by atoms with E-state index < -0.39 is 0 Å². The number of carbonyl (C=O) groups excluding carboxylic acids is 1. The lowest BCUT2D eigenvalue weighted by Crippen LogP contribution is -2.36. The number of likely N-dealkylation sites (tertiary alicyclic amines) is 1. The molecule has 1 aliphatic heterocycles. The first-order valence-corrected chi connectivity index (χ1v) is 6.62. The smallest absolute Gasteiger partial charge is 0.228 e. The first kappa shape index (κ1) is 13.8. The minimum Gasteiger partial charge on any atom is -0.397 e. The number of nitrogen functional groups attached to an aromatic ring is 1. The summed E-state index contributed by atoms with van der Waals surface area (Å²) in [5.74, 6) is 0.659. The molecule has 1 aliphatic rings. The van der Waals surface area contributed by atoms with Crippen molar-refractivity contribution in [1.82, 2.24) is 14.8 Å². The fourth-order valence-corrected chi connectivity index (χ4v) is 2.63. The maximum Gasteiger partial charge on any atom is 0.228 e. The predicted octanol–water partition coefficient (Wildman–Crippen LogP) is 0.615. The van der Waals surface area contributed by atoms with E-state index in [1.807, 2.05) is 11.0 Å². The van der Waals surface area contributed by atoms with Crippen LogP contribution in [0.5, 0.6) is 0 Å². The third-order valence-electron chi connectivity index (χ3n) is 3.77. The fraction of sp³-hybridized carbons (Fsp3) is 0.571. The van der Waals surface area contributed by atoms with Crippen LogP contribution in [-0.2, 0) is 11.2 Å². The number of anilines is 1. The van der Waals surface area contributed by atoms with Crippen molar-refractivity contribution in [1.29, 1.82) is 0 Å². The minimum atomic E-state index is 0.147. The molecule has 5 nitrogen and oxygen atoms in total. The average molecular weight is 262 g/mol. The molecule has 2 atom stereocenters. The summed E-state index contributed by atoms with van der Waals surface area (Å²) in [4.78, 5) is 20.6. The van der Waals surface area contributed by atoms with Crippen molar-refractivity contribution in [2.45, 2.75) is 19.4 Å². The molecular formula is C14H22N4O. The van der Waals surface area contributed by atoms with Crippen molar-refractivity contribution in [2.75, 3.05) is 32.9 Å². The Morgan fingerprint density at radius 3 is 2.74 bits per heavy atom. The molecule has 0 spiro atoms. The number of carbonyl (C=O) groups is 1. The number of likely N-dealkylation sites (N-methyl/N-ethyl adjacent to an activating group) is 1. The van der Waals surface area contributed by atoms with Crippen LogP contribution < -0.4 is 5.73 Å². The molecule has 1 aromatic heterocycles. The van der Waals surface area contributed by atoms with Crippen molar-refractivity contribution >= 4 is 11.6 Å². The molecule has 5 heteroatoms. The highest BCUT2D eigenvalue weighted by Gasteiger charge is 2.33. The molecule has 0 bridgehead atoms. The number of hydrogen-bond acceptors (Lipinski definition) is 4. The summed E-state index contributed by atoms with van der Waals surface area (Å²) in [6.07, 6.45) is 1.95. The average Bonchev–Trinajstić information content (AvgIpc) is 2.74. The van der Waals surface area contributed by atoms with E-state index in [4.69, 9.17) is 5.73 Å². The van der Waals surface area contributed by atoms with Gasteiger partial charge in [0.2, 0.25) is 5.91 Å². The topological polar surface area (TPSA) is 62.5 Å². The molecule has 1 aromatic rings. The molecule has 0 aliphatic carbocycles. The molecule has 2 unspecified atom stereocenters. The van der Waals surface area contributed by atoms with Gasteiger partial charge in [-0.2, -0.15) is 0 Å². The van der Waals surface area contributed by atoms with Crippen LogP contribution in [0, 0.1) is 5.92 Å². The van der Waals surface area contributed by atoms with Gasteiger partial charge < -0.3 is 15.5 Å². The van der Waals surface area contributed by atoms with Crippen LogP contribution in [0.4, 0.5) is 5.69 Å². The quantitative estimate of drug-likeness (QED) is 0.867. The van der Waals surface area contributed by atoms with Crippen LogP contribution in [-0.4, -0.2) is 53.9 Å². The van der Waals surface area contributed by atoms with Gasteiger partial charge in [-0.25, -0.2) is 0 Å². The second kappa shape index (κ2) is 5.57. The van der Waals surface area contributed by atoms with Gasteiger partial charge in [0.05, 0.1) is 18.3 Å². The molecule has 104 valence electrons. The molecule has 1 amide bonds. The van der Waals surface area contributed by atoms with Crippen LogP contribution in [0.2, 0.25) is 0 Å². The molecular weight excluding hydrogens is 240 g/mol. The van der Waals surface area contributed by atoms with Crippen LogP contribution in [0.25, 0.3) is 0 Å². The standard InChI is InChI=1S/C14H22N4O/c1-10-8-18(9-13(10)17(2)3)14(19)6-12-5-4-11(15)7-16-12/h4-5,7,10,13H,6,8-9,15H2,1-3H3. The third kappa shape index (κ3) is 3.23. The zero-order valence-electron chi connectivity index (χ0n) is 11.8. The predicted molar refractivity (Wildman–Crippen MR) is 75.6 cm³/mol. The highest BCUT2D eigenvalue weighted by molar-refractivity contribution is 5.78. The second-order valence-electron chi connectivity index (χ2n) is 5.57. The van der Waals surface area contributed by atoms with Gasteiger partial charge in [0.15, 0.2) is 0 Å². The minimum absolute atomic E-state index is 0.147.